The van der Waals surface area contributed by atoms with Crippen LogP contribution in [-0.2, 0) is 16.0 Å². The minimum absolute atomic E-state index is 0.0864. The number of hydrogen-bond acceptors (Lipinski definition) is 3. The van der Waals surface area contributed by atoms with Crippen molar-refractivity contribution < 1.29 is 14.7 Å². The van der Waals surface area contributed by atoms with Gasteiger partial charge in [-0.3, -0.25) is 9.59 Å². The number of carbonyl (C=O) groups excluding carboxylic acids is 1. The third-order valence-corrected chi connectivity index (χ3v) is 5.30. The summed E-state index contributed by atoms with van der Waals surface area (Å²) < 4.78 is 1.28. The molecule has 0 unspecified atom stereocenters. The molecule has 1 amide bonds. The maximum Gasteiger partial charge on any atom is 0.308 e. The Hall–Kier alpha value is -1.88. The Morgan fingerprint density at radius 2 is 2.14 bits per heavy atom. The van der Waals surface area contributed by atoms with E-state index >= 15 is 0 Å². The first-order valence-electron chi connectivity index (χ1n) is 7.61. The fraction of sp³-hybridized carbons (Fsp3) is 0.412. The van der Waals surface area contributed by atoms with Crippen molar-refractivity contribution in [2.45, 2.75) is 25.7 Å². The van der Waals surface area contributed by atoms with E-state index in [0.717, 1.165) is 12.8 Å². The van der Waals surface area contributed by atoms with Gasteiger partial charge in [-0.1, -0.05) is 18.2 Å². The summed E-state index contributed by atoms with van der Waals surface area (Å²) in [5.74, 6) is -1.09. The van der Waals surface area contributed by atoms with Crippen molar-refractivity contribution in [3.8, 4) is 0 Å². The van der Waals surface area contributed by atoms with Gasteiger partial charge in [0.2, 0.25) is 5.91 Å². The Labute approximate surface area is 133 Å². The van der Waals surface area contributed by atoms with Crippen molar-refractivity contribution in [3.05, 3.63) is 35.2 Å². The molecule has 116 valence electrons. The molecule has 1 fully saturated rings. The fourth-order valence-corrected chi connectivity index (χ4v) is 4.00. The standard InChI is InChI=1S/C17H19NO3S/c19-16(18-9-8-12(10-18)17(20)21)7-3-4-13-11-22-15-6-2-1-5-14(13)15/h1-2,5-6,11-12H,3-4,7-10H2,(H,20,21)/t12-/m0/s1. The molecular weight excluding hydrogens is 298 g/mol. The molecule has 3 rings (SSSR count). The summed E-state index contributed by atoms with van der Waals surface area (Å²) in [6, 6.07) is 8.32. The van der Waals surface area contributed by atoms with Gasteiger partial charge in [0.1, 0.15) is 0 Å². The van der Waals surface area contributed by atoms with Crippen LogP contribution in [0, 0.1) is 5.92 Å². The molecule has 4 nitrogen and oxygen atoms in total. The molecule has 22 heavy (non-hydrogen) atoms. The number of rotatable bonds is 5. The zero-order valence-electron chi connectivity index (χ0n) is 12.3. The molecule has 2 aromatic rings. The summed E-state index contributed by atoms with van der Waals surface area (Å²) >= 11 is 1.74. The minimum Gasteiger partial charge on any atom is -0.481 e. The molecule has 5 heteroatoms. The normalized spacial score (nSPS) is 18.0. The van der Waals surface area contributed by atoms with Gasteiger partial charge < -0.3 is 10.0 Å². The number of amides is 1. The largest absolute Gasteiger partial charge is 0.481 e. The van der Waals surface area contributed by atoms with E-state index in [0.29, 0.717) is 25.9 Å². The average Bonchev–Trinajstić information content (AvgIpc) is 3.14. The lowest BCUT2D eigenvalue weighted by Crippen LogP contribution is -2.29. The Bertz CT molecular complexity index is 694. The van der Waals surface area contributed by atoms with Crippen molar-refractivity contribution in [1.82, 2.24) is 4.90 Å². The molecule has 0 saturated carbocycles. The number of nitrogens with zero attached hydrogens (tertiary/aromatic N) is 1. The second-order valence-corrected chi connectivity index (χ2v) is 6.69. The molecule has 0 spiro atoms. The average molecular weight is 317 g/mol. The van der Waals surface area contributed by atoms with Gasteiger partial charge in [-0.05, 0) is 41.7 Å². The highest BCUT2D eigenvalue weighted by Crippen LogP contribution is 2.27. The quantitative estimate of drug-likeness (QED) is 0.921. The Kier molecular flexibility index (Phi) is 4.43. The molecule has 0 aliphatic carbocycles. The Morgan fingerprint density at radius 1 is 1.32 bits per heavy atom. The van der Waals surface area contributed by atoms with Gasteiger partial charge >= 0.3 is 5.97 Å². The number of carbonyl (C=O) groups is 2. The van der Waals surface area contributed by atoms with Gasteiger partial charge in [0, 0.05) is 24.2 Å². The van der Waals surface area contributed by atoms with Crippen LogP contribution in [0.15, 0.2) is 29.6 Å². The van der Waals surface area contributed by atoms with Crippen LogP contribution < -0.4 is 0 Å². The third kappa shape index (κ3) is 3.14. The predicted molar refractivity (Wildman–Crippen MR) is 87.1 cm³/mol. The Morgan fingerprint density at radius 3 is 2.91 bits per heavy atom. The van der Waals surface area contributed by atoms with Crippen LogP contribution >= 0.6 is 11.3 Å². The van der Waals surface area contributed by atoms with Gasteiger partial charge in [0.15, 0.2) is 0 Å². The molecule has 1 N–H and O–H groups in total. The maximum absolute atomic E-state index is 12.1. The lowest BCUT2D eigenvalue weighted by atomic mass is 10.1. The smallest absolute Gasteiger partial charge is 0.308 e. The van der Waals surface area contributed by atoms with Crippen molar-refractivity contribution in [2.75, 3.05) is 13.1 Å². The number of fused-ring (bicyclic) bond motifs is 1. The first-order chi connectivity index (χ1) is 10.6. The molecule has 1 aliphatic rings. The van der Waals surface area contributed by atoms with Crippen LogP contribution in [0.25, 0.3) is 10.1 Å². The molecule has 1 atom stereocenters. The summed E-state index contributed by atoms with van der Waals surface area (Å²) in [4.78, 5) is 24.8. The second-order valence-electron chi connectivity index (χ2n) is 5.77. The van der Waals surface area contributed by atoms with Gasteiger partial charge in [-0.25, -0.2) is 0 Å². The summed E-state index contributed by atoms with van der Waals surface area (Å²) in [5, 5.41) is 12.4. The highest BCUT2D eigenvalue weighted by molar-refractivity contribution is 7.17. The van der Waals surface area contributed by atoms with Gasteiger partial charge in [-0.2, -0.15) is 0 Å². The topological polar surface area (TPSA) is 57.6 Å². The predicted octanol–water partition coefficient (Wildman–Crippen LogP) is 3.16. The van der Waals surface area contributed by atoms with Crippen molar-refractivity contribution in [1.29, 1.82) is 0 Å². The molecule has 1 saturated heterocycles. The monoisotopic (exact) mass is 317 g/mol. The molecule has 1 aromatic carbocycles. The lowest BCUT2D eigenvalue weighted by Gasteiger charge is -2.15. The molecule has 1 aromatic heterocycles. The summed E-state index contributed by atoms with van der Waals surface area (Å²) in [5.41, 5.74) is 1.30. The van der Waals surface area contributed by atoms with Crippen LogP contribution in [0.5, 0.6) is 0 Å². The summed E-state index contributed by atoms with van der Waals surface area (Å²) in [6.45, 7) is 0.951. The van der Waals surface area contributed by atoms with Crippen LogP contribution in [0.1, 0.15) is 24.8 Å². The van der Waals surface area contributed by atoms with E-state index < -0.39 is 5.97 Å². The number of carboxylic acid groups (broad SMARTS) is 1. The van der Waals surface area contributed by atoms with Gasteiger partial charge in [0.25, 0.3) is 0 Å². The van der Waals surface area contributed by atoms with E-state index in [4.69, 9.17) is 5.11 Å². The van der Waals surface area contributed by atoms with E-state index in [1.54, 1.807) is 16.2 Å². The SMILES string of the molecule is O=C(O)[C@H]1CCN(C(=O)CCCc2csc3ccccc23)C1. The zero-order chi connectivity index (χ0) is 15.5. The number of thiophene rings is 1. The van der Waals surface area contributed by atoms with Crippen molar-refractivity contribution in [2.24, 2.45) is 5.92 Å². The highest BCUT2D eigenvalue weighted by Gasteiger charge is 2.30. The van der Waals surface area contributed by atoms with E-state index in [1.807, 2.05) is 12.1 Å². The fourth-order valence-electron chi connectivity index (χ4n) is 3.00. The number of aryl methyl sites for hydroxylation is 1. The van der Waals surface area contributed by atoms with Gasteiger partial charge in [0.05, 0.1) is 5.92 Å². The Balaban J connectivity index is 1.51. The van der Waals surface area contributed by atoms with Crippen LogP contribution in [0.2, 0.25) is 0 Å². The van der Waals surface area contributed by atoms with E-state index in [9.17, 15) is 9.59 Å². The molecule has 0 bridgehead atoms. The van der Waals surface area contributed by atoms with Crippen molar-refractivity contribution >= 4 is 33.3 Å². The van der Waals surface area contributed by atoms with E-state index in [1.165, 1.54) is 15.6 Å². The van der Waals surface area contributed by atoms with Crippen LogP contribution in [-0.4, -0.2) is 35.0 Å². The lowest BCUT2D eigenvalue weighted by molar-refractivity contribution is -0.141. The van der Waals surface area contributed by atoms with Crippen molar-refractivity contribution in [3.63, 3.8) is 0 Å². The maximum atomic E-state index is 12.1. The number of hydrogen-bond donors (Lipinski definition) is 1. The molecule has 0 radical (unpaired) electrons. The summed E-state index contributed by atoms with van der Waals surface area (Å²) in [6.07, 6.45) is 2.78. The van der Waals surface area contributed by atoms with Gasteiger partial charge in [-0.15, -0.1) is 11.3 Å². The van der Waals surface area contributed by atoms with E-state index in [2.05, 4.69) is 17.5 Å². The second kappa shape index (κ2) is 6.48. The minimum atomic E-state index is -0.792. The van der Waals surface area contributed by atoms with Crippen LogP contribution in [0.3, 0.4) is 0 Å². The van der Waals surface area contributed by atoms with Crippen LogP contribution in [0.4, 0.5) is 0 Å². The molecule has 2 heterocycles. The highest BCUT2D eigenvalue weighted by atomic mass is 32.1. The third-order valence-electron chi connectivity index (χ3n) is 4.29. The van der Waals surface area contributed by atoms with E-state index in [-0.39, 0.29) is 11.8 Å². The molecule has 1 aliphatic heterocycles. The number of benzene rings is 1. The summed E-state index contributed by atoms with van der Waals surface area (Å²) in [7, 11) is 0. The first-order valence-corrected chi connectivity index (χ1v) is 8.49. The first kappa shape index (κ1) is 15.0. The zero-order valence-corrected chi connectivity index (χ0v) is 13.1. The number of likely N-dealkylation sites (tertiary alicyclic amines) is 1. The number of carboxylic acids is 1. The number of aliphatic carboxylic acids is 1. The molecular formula is C17H19NO3S.